The zero-order valence-electron chi connectivity index (χ0n) is 14.1. The van der Waals surface area contributed by atoms with Gasteiger partial charge in [0.1, 0.15) is 10.6 Å². The zero-order chi connectivity index (χ0) is 17.7. The van der Waals surface area contributed by atoms with Gasteiger partial charge in [0.25, 0.3) is 0 Å². The van der Waals surface area contributed by atoms with Crippen LogP contribution in [0.1, 0.15) is 25.0 Å². The van der Waals surface area contributed by atoms with Gasteiger partial charge >= 0.3 is 0 Å². The van der Waals surface area contributed by atoms with Gasteiger partial charge in [-0.15, -0.1) is 0 Å². The summed E-state index contributed by atoms with van der Waals surface area (Å²) in [5.41, 5.74) is 1.44. The highest BCUT2D eigenvalue weighted by atomic mass is 32.2. The Kier molecular flexibility index (Phi) is 5.99. The molecule has 0 aliphatic heterocycles. The average Bonchev–Trinajstić information content (AvgIpc) is 2.59. The van der Waals surface area contributed by atoms with E-state index < -0.39 is 10.0 Å². The van der Waals surface area contributed by atoms with E-state index in [1.165, 1.54) is 17.5 Å². The molecule has 0 spiro atoms. The second-order valence-corrected chi connectivity index (χ2v) is 7.63. The van der Waals surface area contributed by atoms with Gasteiger partial charge < -0.3 is 9.84 Å². The normalized spacial score (nSPS) is 11.9. The van der Waals surface area contributed by atoms with Gasteiger partial charge in [0.15, 0.2) is 0 Å². The predicted molar refractivity (Wildman–Crippen MR) is 93.2 cm³/mol. The summed E-state index contributed by atoms with van der Waals surface area (Å²) in [7, 11) is -2.34. The minimum absolute atomic E-state index is 0.0705. The van der Waals surface area contributed by atoms with E-state index in [1.807, 2.05) is 44.2 Å². The third-order valence-electron chi connectivity index (χ3n) is 3.75. The van der Waals surface area contributed by atoms with Crippen molar-refractivity contribution >= 4 is 10.0 Å². The molecule has 0 fully saturated rings. The summed E-state index contributed by atoms with van der Waals surface area (Å²) < 4.78 is 33.0. The molecule has 0 saturated heterocycles. The molecule has 24 heavy (non-hydrogen) atoms. The smallest absolute Gasteiger partial charge is 0.247 e. The third kappa shape index (κ3) is 3.95. The summed E-state index contributed by atoms with van der Waals surface area (Å²) in [5, 5.41) is 9.33. The van der Waals surface area contributed by atoms with Crippen molar-refractivity contribution in [3.63, 3.8) is 0 Å². The number of ether oxygens (including phenoxy) is 1. The second-order valence-electron chi connectivity index (χ2n) is 5.77. The Labute approximate surface area is 143 Å². The predicted octanol–water partition coefficient (Wildman–Crippen LogP) is 2.79. The van der Waals surface area contributed by atoms with Crippen molar-refractivity contribution in [3.05, 3.63) is 59.7 Å². The van der Waals surface area contributed by atoms with Crippen LogP contribution in [0, 0.1) is 0 Å². The minimum Gasteiger partial charge on any atom is -0.495 e. The maximum Gasteiger partial charge on any atom is 0.247 e. The minimum atomic E-state index is -3.78. The molecule has 0 saturated carbocycles. The topological polar surface area (TPSA) is 66.8 Å². The van der Waals surface area contributed by atoms with E-state index in [0.717, 1.165) is 5.56 Å². The summed E-state index contributed by atoms with van der Waals surface area (Å²) >= 11 is 0. The van der Waals surface area contributed by atoms with Crippen LogP contribution in [0.5, 0.6) is 5.75 Å². The Morgan fingerprint density at radius 1 is 1.08 bits per heavy atom. The van der Waals surface area contributed by atoms with Crippen LogP contribution < -0.4 is 4.74 Å². The van der Waals surface area contributed by atoms with Crippen molar-refractivity contribution in [2.45, 2.75) is 37.9 Å². The molecule has 5 nitrogen and oxygen atoms in total. The molecule has 0 aliphatic rings. The van der Waals surface area contributed by atoms with Gasteiger partial charge in [0.2, 0.25) is 10.0 Å². The van der Waals surface area contributed by atoms with Crippen LogP contribution in [0.2, 0.25) is 0 Å². The molecule has 0 radical (unpaired) electrons. The Morgan fingerprint density at radius 2 is 1.75 bits per heavy atom. The van der Waals surface area contributed by atoms with Crippen molar-refractivity contribution in [1.29, 1.82) is 0 Å². The zero-order valence-corrected chi connectivity index (χ0v) is 15.0. The Hall–Kier alpha value is -1.89. The van der Waals surface area contributed by atoms with Gasteiger partial charge in [-0.25, -0.2) is 8.42 Å². The summed E-state index contributed by atoms with van der Waals surface area (Å²) in [6.45, 7) is 3.71. The van der Waals surface area contributed by atoms with Crippen molar-refractivity contribution in [2.24, 2.45) is 0 Å². The maximum atomic E-state index is 13.2. The van der Waals surface area contributed by atoms with E-state index in [9.17, 15) is 13.5 Å². The first-order chi connectivity index (χ1) is 11.4. The first-order valence-electron chi connectivity index (χ1n) is 7.73. The first-order valence-corrected chi connectivity index (χ1v) is 9.17. The van der Waals surface area contributed by atoms with Gasteiger partial charge in [-0.2, -0.15) is 4.31 Å². The Bertz CT molecular complexity index is 773. The summed E-state index contributed by atoms with van der Waals surface area (Å²) in [4.78, 5) is 0.0705. The number of benzene rings is 2. The van der Waals surface area contributed by atoms with Crippen molar-refractivity contribution < 1.29 is 18.3 Å². The number of hydrogen-bond donors (Lipinski definition) is 1. The van der Waals surface area contributed by atoms with Crippen molar-refractivity contribution in [3.8, 4) is 5.75 Å². The van der Waals surface area contributed by atoms with Crippen molar-refractivity contribution in [2.75, 3.05) is 7.11 Å². The van der Waals surface area contributed by atoms with E-state index in [0.29, 0.717) is 5.56 Å². The van der Waals surface area contributed by atoms with Gasteiger partial charge in [-0.05, 0) is 37.1 Å². The summed E-state index contributed by atoms with van der Waals surface area (Å²) in [6.07, 6.45) is 0. The molecule has 0 heterocycles. The largest absolute Gasteiger partial charge is 0.495 e. The third-order valence-corrected chi connectivity index (χ3v) is 5.80. The number of methoxy groups -OCH3 is 1. The second kappa shape index (κ2) is 7.79. The number of aliphatic hydroxyl groups excluding tert-OH is 1. The standard InChI is InChI=1S/C18H23NO4S/c1-14(2)19(12-15-7-5-4-6-8-15)24(21,22)18-11-16(13-20)9-10-17(18)23-3/h4-11,14,20H,12-13H2,1-3H3. The number of aliphatic hydroxyl groups is 1. The molecule has 0 bridgehead atoms. The fourth-order valence-electron chi connectivity index (χ4n) is 2.46. The van der Waals surface area contributed by atoms with Crippen LogP contribution >= 0.6 is 0 Å². The van der Waals surface area contributed by atoms with E-state index in [2.05, 4.69) is 0 Å². The van der Waals surface area contributed by atoms with Gasteiger partial charge in [0.05, 0.1) is 13.7 Å². The molecular weight excluding hydrogens is 326 g/mol. The molecule has 0 amide bonds. The number of sulfonamides is 1. The lowest BCUT2D eigenvalue weighted by Gasteiger charge is -2.27. The van der Waals surface area contributed by atoms with Crippen LogP contribution in [0.3, 0.4) is 0 Å². The van der Waals surface area contributed by atoms with E-state index in [4.69, 9.17) is 4.74 Å². The molecule has 0 unspecified atom stereocenters. The molecule has 2 rings (SSSR count). The van der Waals surface area contributed by atoms with E-state index >= 15 is 0 Å². The highest BCUT2D eigenvalue weighted by Crippen LogP contribution is 2.30. The van der Waals surface area contributed by atoms with Crippen LogP contribution in [0.15, 0.2) is 53.4 Å². The molecule has 130 valence electrons. The van der Waals surface area contributed by atoms with E-state index in [1.54, 1.807) is 12.1 Å². The van der Waals surface area contributed by atoms with E-state index in [-0.39, 0.29) is 29.8 Å². The van der Waals surface area contributed by atoms with Gasteiger partial charge in [-0.1, -0.05) is 36.4 Å². The quantitative estimate of drug-likeness (QED) is 0.835. The molecule has 2 aromatic rings. The van der Waals surface area contributed by atoms with Crippen LogP contribution in [0.25, 0.3) is 0 Å². The summed E-state index contributed by atoms with van der Waals surface area (Å²) in [6, 6.07) is 13.9. The Morgan fingerprint density at radius 3 is 2.29 bits per heavy atom. The molecule has 1 N–H and O–H groups in total. The molecule has 0 aromatic heterocycles. The fraction of sp³-hybridized carbons (Fsp3) is 0.333. The van der Waals surface area contributed by atoms with Crippen LogP contribution in [-0.2, 0) is 23.2 Å². The highest BCUT2D eigenvalue weighted by Gasteiger charge is 2.30. The molecular formula is C18H23NO4S. The van der Waals surface area contributed by atoms with Gasteiger partial charge in [-0.3, -0.25) is 0 Å². The highest BCUT2D eigenvalue weighted by molar-refractivity contribution is 7.89. The first kappa shape index (κ1) is 18.4. The molecule has 6 heteroatoms. The Balaban J connectivity index is 2.49. The van der Waals surface area contributed by atoms with Crippen molar-refractivity contribution in [1.82, 2.24) is 4.31 Å². The lowest BCUT2D eigenvalue weighted by molar-refractivity contribution is 0.281. The van der Waals surface area contributed by atoms with Crippen LogP contribution in [-0.4, -0.2) is 31.0 Å². The molecule has 0 atom stereocenters. The number of hydrogen-bond acceptors (Lipinski definition) is 4. The van der Waals surface area contributed by atoms with Crippen LogP contribution in [0.4, 0.5) is 0 Å². The fourth-order valence-corrected chi connectivity index (χ4v) is 4.29. The maximum absolute atomic E-state index is 13.2. The lowest BCUT2D eigenvalue weighted by Crippen LogP contribution is -2.36. The monoisotopic (exact) mass is 349 g/mol. The summed E-state index contributed by atoms with van der Waals surface area (Å²) in [5.74, 6) is 0.269. The number of nitrogens with zero attached hydrogens (tertiary/aromatic N) is 1. The number of rotatable bonds is 7. The lowest BCUT2D eigenvalue weighted by atomic mass is 10.2. The average molecular weight is 349 g/mol. The SMILES string of the molecule is COc1ccc(CO)cc1S(=O)(=O)N(Cc1ccccc1)C(C)C. The molecule has 2 aromatic carbocycles. The molecule has 0 aliphatic carbocycles. The van der Waals surface area contributed by atoms with Gasteiger partial charge in [0, 0.05) is 12.6 Å².